The average Bonchev–Trinajstić information content (AvgIpc) is 2.85. The van der Waals surface area contributed by atoms with Crippen molar-refractivity contribution in [1.82, 2.24) is 10.6 Å². The second-order valence-electron chi connectivity index (χ2n) is 10.1. The van der Waals surface area contributed by atoms with E-state index in [-0.39, 0.29) is 0 Å². The first-order valence-corrected chi connectivity index (χ1v) is 13.3. The number of hydrogen-bond acceptors (Lipinski definition) is 3. The number of amidine groups is 1. The van der Waals surface area contributed by atoms with Crippen LogP contribution in [-0.2, 0) is 0 Å². The lowest BCUT2D eigenvalue weighted by Crippen LogP contribution is -2.37. The lowest BCUT2D eigenvalue weighted by molar-refractivity contribution is 0.407. The molecule has 3 saturated carbocycles. The number of benzene rings is 1. The van der Waals surface area contributed by atoms with Crippen LogP contribution in [0.1, 0.15) is 102 Å². The third-order valence-corrected chi connectivity index (χ3v) is 7.50. The van der Waals surface area contributed by atoms with Crippen molar-refractivity contribution in [2.24, 2.45) is 4.99 Å². The van der Waals surface area contributed by atoms with Crippen LogP contribution in [-0.4, -0.2) is 31.1 Å². The molecule has 1 aromatic carbocycles. The van der Waals surface area contributed by atoms with Gasteiger partial charge in [-0.2, -0.15) is 0 Å². The van der Waals surface area contributed by atoms with E-state index in [1.807, 2.05) is 0 Å². The average molecular weight is 438 g/mol. The van der Waals surface area contributed by atoms with Gasteiger partial charge in [-0.25, -0.2) is 0 Å². The summed E-state index contributed by atoms with van der Waals surface area (Å²) in [5, 5.41) is 7.79. The Labute approximate surface area is 195 Å². The minimum absolute atomic E-state index is 0.470. The molecule has 0 aliphatic heterocycles. The Morgan fingerprint density at radius 3 is 1.84 bits per heavy atom. The Kier molecular flexibility index (Phi) is 8.93. The number of aliphatic imine (C=N–C) groups is 1. The topological polar surface area (TPSA) is 45.6 Å². The van der Waals surface area contributed by atoms with Crippen molar-refractivity contribution in [2.45, 2.75) is 114 Å². The highest BCUT2D eigenvalue weighted by atomic mass is 16.5. The van der Waals surface area contributed by atoms with E-state index < -0.39 is 0 Å². The van der Waals surface area contributed by atoms with Crippen LogP contribution in [0.15, 0.2) is 35.3 Å². The summed E-state index contributed by atoms with van der Waals surface area (Å²) in [6, 6.07) is 10.1. The summed E-state index contributed by atoms with van der Waals surface area (Å²) in [5.41, 5.74) is 2.43. The van der Waals surface area contributed by atoms with Crippen molar-refractivity contribution in [2.75, 3.05) is 7.11 Å². The lowest BCUT2D eigenvalue weighted by atomic mass is 9.94. The van der Waals surface area contributed by atoms with Crippen LogP contribution >= 0.6 is 0 Å². The molecule has 2 N–H and O–H groups in total. The van der Waals surface area contributed by atoms with E-state index in [2.05, 4.69) is 41.0 Å². The van der Waals surface area contributed by atoms with Gasteiger partial charge in [0, 0.05) is 23.9 Å². The first kappa shape index (κ1) is 23.2. The van der Waals surface area contributed by atoms with Crippen LogP contribution in [0, 0.1) is 0 Å². The zero-order valence-electron chi connectivity index (χ0n) is 20.1. The summed E-state index contributed by atoms with van der Waals surface area (Å²) in [7, 11) is 1.73. The second kappa shape index (κ2) is 12.3. The molecule has 0 saturated heterocycles. The standard InChI is InChI=1S/C28H43N3O/c1-32-26-19-17-22(18-20-26)27(29-23-11-5-2-6-12-23)21-28(30-24-13-7-3-8-14-24)31-25-15-9-4-10-16-25/h17-21,23-25,29H,2-16H2,1H3,(H,30,31)/b27-21-. The third-order valence-electron chi connectivity index (χ3n) is 7.50. The molecular weight excluding hydrogens is 394 g/mol. The second-order valence-corrected chi connectivity index (χ2v) is 10.1. The monoisotopic (exact) mass is 437 g/mol. The van der Waals surface area contributed by atoms with Crippen molar-refractivity contribution < 1.29 is 4.74 Å². The molecule has 0 spiro atoms. The highest BCUT2D eigenvalue weighted by Crippen LogP contribution is 2.25. The van der Waals surface area contributed by atoms with Gasteiger partial charge in [-0.3, -0.25) is 4.99 Å². The molecule has 0 atom stereocenters. The Hall–Kier alpha value is -1.97. The smallest absolute Gasteiger partial charge is 0.123 e. The highest BCUT2D eigenvalue weighted by Gasteiger charge is 2.19. The molecular formula is C28H43N3O. The van der Waals surface area contributed by atoms with E-state index in [0.29, 0.717) is 18.1 Å². The van der Waals surface area contributed by atoms with Gasteiger partial charge >= 0.3 is 0 Å². The molecule has 0 radical (unpaired) electrons. The number of nitrogens with one attached hydrogen (secondary N) is 2. The predicted molar refractivity (Wildman–Crippen MR) is 135 cm³/mol. The minimum Gasteiger partial charge on any atom is -0.497 e. The summed E-state index contributed by atoms with van der Waals surface area (Å²) in [5.74, 6) is 2.00. The molecule has 0 bridgehead atoms. The molecule has 4 nitrogen and oxygen atoms in total. The van der Waals surface area contributed by atoms with E-state index in [9.17, 15) is 0 Å². The van der Waals surface area contributed by atoms with Crippen molar-refractivity contribution in [3.8, 4) is 5.75 Å². The van der Waals surface area contributed by atoms with Crippen LogP contribution in [0.2, 0.25) is 0 Å². The van der Waals surface area contributed by atoms with Crippen LogP contribution in [0.4, 0.5) is 0 Å². The normalized spacial score (nSPS) is 22.5. The first-order chi connectivity index (χ1) is 15.8. The lowest BCUT2D eigenvalue weighted by Gasteiger charge is -2.28. The molecule has 0 aromatic heterocycles. The van der Waals surface area contributed by atoms with Gasteiger partial charge in [-0.15, -0.1) is 0 Å². The minimum atomic E-state index is 0.470. The maximum atomic E-state index is 5.41. The van der Waals surface area contributed by atoms with Crippen LogP contribution < -0.4 is 15.4 Å². The van der Waals surface area contributed by atoms with Gasteiger partial charge in [0.25, 0.3) is 0 Å². The summed E-state index contributed by atoms with van der Waals surface area (Å²) >= 11 is 0. The van der Waals surface area contributed by atoms with Gasteiger partial charge in [0.15, 0.2) is 0 Å². The third kappa shape index (κ3) is 7.02. The van der Waals surface area contributed by atoms with Crippen LogP contribution in [0.3, 0.4) is 0 Å². The Balaban J connectivity index is 1.60. The number of methoxy groups -OCH3 is 1. The molecule has 176 valence electrons. The first-order valence-electron chi connectivity index (χ1n) is 13.3. The summed E-state index contributed by atoms with van der Waals surface area (Å²) in [4.78, 5) is 5.29. The number of nitrogens with zero attached hydrogens (tertiary/aromatic N) is 1. The van der Waals surface area contributed by atoms with Gasteiger partial charge in [-0.05, 0) is 68.4 Å². The van der Waals surface area contributed by atoms with E-state index in [4.69, 9.17) is 9.73 Å². The zero-order chi connectivity index (χ0) is 22.0. The molecule has 0 amide bonds. The SMILES string of the molecule is COc1ccc(/C(=C/C(=NC2CCCCC2)NC2CCCCC2)NC2CCCCC2)cc1. The van der Waals surface area contributed by atoms with Gasteiger partial charge in [0.1, 0.15) is 11.6 Å². The van der Waals surface area contributed by atoms with E-state index in [1.54, 1.807) is 7.11 Å². The molecule has 1 aromatic rings. The number of ether oxygens (including phenoxy) is 1. The fourth-order valence-electron chi connectivity index (χ4n) is 5.56. The van der Waals surface area contributed by atoms with E-state index >= 15 is 0 Å². The van der Waals surface area contributed by atoms with E-state index in [0.717, 1.165) is 11.6 Å². The predicted octanol–water partition coefficient (Wildman–Crippen LogP) is 6.61. The summed E-state index contributed by atoms with van der Waals surface area (Å²) in [6.07, 6.45) is 21.9. The molecule has 32 heavy (non-hydrogen) atoms. The largest absolute Gasteiger partial charge is 0.497 e. The van der Waals surface area contributed by atoms with Gasteiger partial charge in [-0.1, -0.05) is 57.8 Å². The maximum Gasteiger partial charge on any atom is 0.123 e. The fourth-order valence-corrected chi connectivity index (χ4v) is 5.56. The molecule has 4 rings (SSSR count). The van der Waals surface area contributed by atoms with Gasteiger partial charge in [0.2, 0.25) is 0 Å². The molecule has 0 heterocycles. The molecule has 0 unspecified atom stereocenters. The Morgan fingerprint density at radius 2 is 1.28 bits per heavy atom. The van der Waals surface area contributed by atoms with Crippen LogP contribution in [0.25, 0.3) is 5.70 Å². The van der Waals surface area contributed by atoms with Gasteiger partial charge in [0.05, 0.1) is 13.2 Å². The maximum absolute atomic E-state index is 5.41. The summed E-state index contributed by atoms with van der Waals surface area (Å²) < 4.78 is 5.41. The number of rotatable bonds is 7. The molecule has 3 fully saturated rings. The van der Waals surface area contributed by atoms with E-state index in [1.165, 1.54) is 108 Å². The Bertz CT molecular complexity index is 736. The van der Waals surface area contributed by atoms with Crippen molar-refractivity contribution in [3.05, 3.63) is 35.9 Å². The molecule has 3 aliphatic carbocycles. The molecule has 3 aliphatic rings. The Morgan fingerprint density at radius 1 is 0.750 bits per heavy atom. The fraction of sp³-hybridized carbons (Fsp3) is 0.679. The zero-order valence-corrected chi connectivity index (χ0v) is 20.1. The van der Waals surface area contributed by atoms with Crippen molar-refractivity contribution in [3.63, 3.8) is 0 Å². The van der Waals surface area contributed by atoms with Gasteiger partial charge < -0.3 is 15.4 Å². The van der Waals surface area contributed by atoms with Crippen molar-refractivity contribution >= 4 is 11.5 Å². The highest BCUT2D eigenvalue weighted by molar-refractivity contribution is 5.99. The quantitative estimate of drug-likeness (QED) is 0.372. The number of hydrogen-bond donors (Lipinski definition) is 2. The van der Waals surface area contributed by atoms with Crippen LogP contribution in [0.5, 0.6) is 5.75 Å². The molecule has 4 heteroatoms. The summed E-state index contributed by atoms with van der Waals surface area (Å²) in [6.45, 7) is 0. The van der Waals surface area contributed by atoms with Crippen molar-refractivity contribution in [1.29, 1.82) is 0 Å².